The summed E-state index contributed by atoms with van der Waals surface area (Å²) in [6, 6.07) is 0. The number of ketones is 2. The van der Waals surface area contributed by atoms with E-state index in [0.717, 1.165) is 0 Å². The molecule has 0 saturated carbocycles. The van der Waals surface area contributed by atoms with Crippen molar-refractivity contribution in [1.29, 1.82) is 0 Å². The van der Waals surface area contributed by atoms with Gasteiger partial charge in [0.25, 0.3) is 0 Å². The molecule has 0 spiro atoms. The number of carbonyl (C=O) groups excluding carboxylic acids is 2. The summed E-state index contributed by atoms with van der Waals surface area (Å²) in [5.74, 6) is -0.756. The van der Waals surface area contributed by atoms with Crippen molar-refractivity contribution in [3.05, 3.63) is 0 Å². The predicted molar refractivity (Wildman–Crippen MR) is 45.8 cm³/mol. The molecule has 0 aliphatic heterocycles. The van der Waals surface area contributed by atoms with Crippen LogP contribution in [0.15, 0.2) is 0 Å². The monoisotopic (exact) mass is 172 g/mol. The van der Waals surface area contributed by atoms with Crippen LogP contribution in [0.2, 0.25) is 0 Å². The Morgan fingerprint density at radius 2 is 1.42 bits per heavy atom. The van der Waals surface area contributed by atoms with Gasteiger partial charge < -0.3 is 5.11 Å². The van der Waals surface area contributed by atoms with Gasteiger partial charge in [0.05, 0.1) is 0 Å². The minimum atomic E-state index is -1.72. The van der Waals surface area contributed by atoms with Crippen LogP contribution in [0, 0.1) is 0 Å². The van der Waals surface area contributed by atoms with Gasteiger partial charge in [-0.2, -0.15) is 0 Å². The molecule has 70 valence electrons. The molecular weight excluding hydrogens is 156 g/mol. The van der Waals surface area contributed by atoms with Crippen LogP contribution >= 0.6 is 0 Å². The first kappa shape index (κ1) is 11.3. The van der Waals surface area contributed by atoms with Crippen LogP contribution in [0.1, 0.15) is 40.0 Å². The lowest BCUT2D eigenvalue weighted by molar-refractivity contribution is -0.150. The van der Waals surface area contributed by atoms with Crippen molar-refractivity contribution in [2.24, 2.45) is 0 Å². The van der Waals surface area contributed by atoms with Gasteiger partial charge in [-0.3, -0.25) is 9.59 Å². The zero-order valence-electron chi connectivity index (χ0n) is 7.89. The number of Topliss-reactive ketones (excluding diaryl/α,β-unsaturated/α-hetero) is 2. The van der Waals surface area contributed by atoms with Crippen LogP contribution in [0.5, 0.6) is 0 Å². The second kappa shape index (κ2) is 4.36. The fourth-order valence-corrected chi connectivity index (χ4v) is 1.13. The van der Waals surface area contributed by atoms with Crippen molar-refractivity contribution in [3.63, 3.8) is 0 Å². The first-order valence-corrected chi connectivity index (χ1v) is 4.31. The molecule has 0 aliphatic carbocycles. The summed E-state index contributed by atoms with van der Waals surface area (Å²) in [4.78, 5) is 22.4. The number of aliphatic hydroxyl groups is 1. The Bertz CT molecular complexity index is 168. The van der Waals surface area contributed by atoms with Gasteiger partial charge in [0.1, 0.15) is 0 Å². The molecule has 0 aliphatic rings. The normalized spacial score (nSPS) is 11.3. The molecular formula is C9H16O3. The standard InChI is InChI=1S/C9H16O3/c1-4-7(10)9(12,6-3)8(11)5-2/h12H,4-6H2,1-3H3. The molecule has 3 heteroatoms. The van der Waals surface area contributed by atoms with Gasteiger partial charge in [-0.25, -0.2) is 0 Å². The van der Waals surface area contributed by atoms with Crippen LogP contribution in [-0.2, 0) is 9.59 Å². The number of rotatable bonds is 5. The first-order chi connectivity index (χ1) is 5.52. The number of hydrogen-bond donors (Lipinski definition) is 1. The van der Waals surface area contributed by atoms with Crippen LogP contribution in [0.4, 0.5) is 0 Å². The van der Waals surface area contributed by atoms with Crippen molar-refractivity contribution in [1.82, 2.24) is 0 Å². The lowest BCUT2D eigenvalue weighted by atomic mass is 9.88. The average molecular weight is 172 g/mol. The van der Waals surface area contributed by atoms with Gasteiger partial charge in [0.15, 0.2) is 17.2 Å². The van der Waals surface area contributed by atoms with Crippen LogP contribution in [0.25, 0.3) is 0 Å². The molecule has 0 amide bonds. The van der Waals surface area contributed by atoms with E-state index in [1.807, 2.05) is 0 Å². The average Bonchev–Trinajstić information content (AvgIpc) is 2.13. The second-order valence-electron chi connectivity index (χ2n) is 2.77. The summed E-state index contributed by atoms with van der Waals surface area (Å²) in [7, 11) is 0. The van der Waals surface area contributed by atoms with Crippen molar-refractivity contribution in [2.45, 2.75) is 45.6 Å². The summed E-state index contributed by atoms with van der Waals surface area (Å²) in [6.45, 7) is 4.93. The fraction of sp³-hybridized carbons (Fsp3) is 0.778. The highest BCUT2D eigenvalue weighted by molar-refractivity contribution is 6.09. The summed E-state index contributed by atoms with van der Waals surface area (Å²) in [6.07, 6.45) is 0.582. The van der Waals surface area contributed by atoms with Crippen molar-refractivity contribution >= 4 is 11.6 Å². The smallest absolute Gasteiger partial charge is 0.180 e. The van der Waals surface area contributed by atoms with Crippen LogP contribution in [0.3, 0.4) is 0 Å². The van der Waals surface area contributed by atoms with E-state index in [0.29, 0.717) is 0 Å². The van der Waals surface area contributed by atoms with Crippen LogP contribution in [-0.4, -0.2) is 22.3 Å². The molecule has 1 N–H and O–H groups in total. The zero-order valence-corrected chi connectivity index (χ0v) is 7.89. The minimum Gasteiger partial charge on any atom is -0.375 e. The Labute approximate surface area is 72.8 Å². The molecule has 0 bridgehead atoms. The third-order valence-electron chi connectivity index (χ3n) is 2.08. The molecule has 12 heavy (non-hydrogen) atoms. The lowest BCUT2D eigenvalue weighted by Gasteiger charge is -2.22. The summed E-state index contributed by atoms with van der Waals surface area (Å²) in [5, 5.41) is 9.66. The van der Waals surface area contributed by atoms with Gasteiger partial charge in [-0.1, -0.05) is 20.8 Å². The number of hydrogen-bond acceptors (Lipinski definition) is 3. The molecule has 0 fully saturated rings. The van der Waals surface area contributed by atoms with Crippen molar-refractivity contribution < 1.29 is 14.7 Å². The van der Waals surface area contributed by atoms with E-state index in [9.17, 15) is 14.7 Å². The van der Waals surface area contributed by atoms with Gasteiger partial charge in [0.2, 0.25) is 0 Å². The molecule has 0 radical (unpaired) electrons. The van der Waals surface area contributed by atoms with Gasteiger partial charge in [-0.15, -0.1) is 0 Å². The summed E-state index contributed by atoms with van der Waals surface area (Å²) < 4.78 is 0. The van der Waals surface area contributed by atoms with E-state index in [1.165, 1.54) is 0 Å². The molecule has 0 aromatic carbocycles. The molecule has 0 rings (SSSR count). The Morgan fingerprint density at radius 3 is 1.58 bits per heavy atom. The Hall–Kier alpha value is -0.700. The quantitative estimate of drug-likeness (QED) is 0.631. The van der Waals surface area contributed by atoms with Gasteiger partial charge >= 0.3 is 0 Å². The molecule has 3 nitrogen and oxygen atoms in total. The Balaban J connectivity index is 4.66. The third-order valence-corrected chi connectivity index (χ3v) is 2.08. The topological polar surface area (TPSA) is 54.4 Å². The molecule has 0 aromatic heterocycles. The maximum atomic E-state index is 11.2. The summed E-state index contributed by atoms with van der Waals surface area (Å²) >= 11 is 0. The minimum absolute atomic E-state index is 0.173. The predicted octanol–water partition coefficient (Wildman–Crippen LogP) is 1.09. The van der Waals surface area contributed by atoms with Gasteiger partial charge in [-0.05, 0) is 6.42 Å². The van der Waals surface area contributed by atoms with E-state index in [-0.39, 0.29) is 30.8 Å². The molecule has 0 unspecified atom stereocenters. The second-order valence-corrected chi connectivity index (χ2v) is 2.77. The van der Waals surface area contributed by atoms with Crippen molar-refractivity contribution in [2.75, 3.05) is 0 Å². The Morgan fingerprint density at radius 1 is 1.08 bits per heavy atom. The van der Waals surface area contributed by atoms with E-state index < -0.39 is 5.60 Å². The fourth-order valence-electron chi connectivity index (χ4n) is 1.13. The van der Waals surface area contributed by atoms with Gasteiger partial charge in [0, 0.05) is 12.8 Å². The van der Waals surface area contributed by atoms with E-state index >= 15 is 0 Å². The van der Waals surface area contributed by atoms with Crippen LogP contribution < -0.4 is 0 Å². The molecule has 0 heterocycles. The molecule has 0 aromatic rings. The molecule has 0 atom stereocenters. The van der Waals surface area contributed by atoms with Crippen molar-refractivity contribution in [3.8, 4) is 0 Å². The maximum Gasteiger partial charge on any atom is 0.180 e. The van der Waals surface area contributed by atoms with E-state index in [4.69, 9.17) is 0 Å². The third kappa shape index (κ3) is 1.91. The van der Waals surface area contributed by atoms with E-state index in [2.05, 4.69) is 0 Å². The highest BCUT2D eigenvalue weighted by atomic mass is 16.3. The largest absolute Gasteiger partial charge is 0.375 e. The highest BCUT2D eigenvalue weighted by Gasteiger charge is 2.38. The van der Waals surface area contributed by atoms with E-state index in [1.54, 1.807) is 20.8 Å². The first-order valence-electron chi connectivity index (χ1n) is 4.31. The number of carbonyl (C=O) groups is 2. The Kier molecular flexibility index (Phi) is 4.10. The summed E-state index contributed by atoms with van der Waals surface area (Å²) in [5.41, 5.74) is -1.72. The molecule has 0 saturated heterocycles. The SMILES string of the molecule is CCC(=O)C(O)(CC)C(=O)CC. The zero-order chi connectivity index (χ0) is 9.78. The maximum absolute atomic E-state index is 11.2. The lowest BCUT2D eigenvalue weighted by Crippen LogP contribution is -2.45. The highest BCUT2D eigenvalue weighted by Crippen LogP contribution is 2.16.